The maximum Gasteiger partial charge on any atom is 0.0486 e. The zero-order chi connectivity index (χ0) is 12.4. The van der Waals surface area contributed by atoms with Crippen molar-refractivity contribution in [2.45, 2.75) is 40.2 Å². The second-order valence-corrected chi connectivity index (χ2v) is 4.84. The van der Waals surface area contributed by atoms with E-state index in [4.69, 9.17) is 5.73 Å². The lowest BCUT2D eigenvalue weighted by Crippen LogP contribution is -2.02. The van der Waals surface area contributed by atoms with E-state index in [0.717, 1.165) is 19.5 Å². The molecule has 0 bridgehead atoms. The number of hydrogen-bond acceptors (Lipinski definition) is 1. The fraction of sp³-hybridized carbons (Fsp3) is 0.467. The highest BCUT2D eigenvalue weighted by Crippen LogP contribution is 2.25. The summed E-state index contributed by atoms with van der Waals surface area (Å²) in [6, 6.07) is 4.61. The minimum Gasteiger partial charge on any atom is -0.347 e. The van der Waals surface area contributed by atoms with Crippen LogP contribution in [-0.4, -0.2) is 11.1 Å². The van der Waals surface area contributed by atoms with Gasteiger partial charge in [-0.3, -0.25) is 0 Å². The average molecular weight is 230 g/mol. The summed E-state index contributed by atoms with van der Waals surface area (Å²) in [7, 11) is 0. The third-order valence-electron chi connectivity index (χ3n) is 3.46. The highest BCUT2D eigenvalue weighted by molar-refractivity contribution is 5.85. The Morgan fingerprint density at radius 3 is 2.53 bits per heavy atom. The number of benzene rings is 1. The summed E-state index contributed by atoms with van der Waals surface area (Å²) in [6.45, 7) is 8.38. The van der Waals surface area contributed by atoms with Gasteiger partial charge in [-0.1, -0.05) is 6.92 Å². The van der Waals surface area contributed by atoms with Crippen LogP contribution in [0.5, 0.6) is 0 Å². The molecule has 1 aromatic carbocycles. The van der Waals surface area contributed by atoms with Crippen LogP contribution >= 0.6 is 0 Å². The number of aromatic nitrogens is 1. The molecule has 0 radical (unpaired) electrons. The van der Waals surface area contributed by atoms with Crippen LogP contribution in [0.2, 0.25) is 0 Å². The fourth-order valence-electron chi connectivity index (χ4n) is 2.40. The van der Waals surface area contributed by atoms with Gasteiger partial charge in [-0.05, 0) is 62.1 Å². The second kappa shape index (κ2) is 4.92. The average Bonchev–Trinajstić information content (AvgIpc) is 2.60. The molecule has 92 valence electrons. The summed E-state index contributed by atoms with van der Waals surface area (Å²) in [5.74, 6) is 0. The maximum atomic E-state index is 5.69. The van der Waals surface area contributed by atoms with Gasteiger partial charge in [-0.2, -0.15) is 0 Å². The molecule has 0 saturated heterocycles. The summed E-state index contributed by atoms with van der Waals surface area (Å²) in [4.78, 5) is 0. The van der Waals surface area contributed by atoms with Gasteiger partial charge in [0.2, 0.25) is 0 Å². The first kappa shape index (κ1) is 12.2. The third-order valence-corrected chi connectivity index (χ3v) is 3.46. The molecule has 1 aromatic heterocycles. The Bertz CT molecular complexity index is 477. The van der Waals surface area contributed by atoms with Crippen molar-refractivity contribution < 1.29 is 0 Å². The van der Waals surface area contributed by atoms with Crippen molar-refractivity contribution in [3.8, 4) is 0 Å². The summed E-state index contributed by atoms with van der Waals surface area (Å²) < 4.78 is 2.37. The molecule has 0 fully saturated rings. The fourth-order valence-corrected chi connectivity index (χ4v) is 2.40. The van der Waals surface area contributed by atoms with E-state index in [1.54, 1.807) is 0 Å². The van der Waals surface area contributed by atoms with Crippen LogP contribution in [0.3, 0.4) is 0 Å². The highest BCUT2D eigenvalue weighted by Gasteiger charge is 2.09. The van der Waals surface area contributed by atoms with Crippen molar-refractivity contribution in [1.82, 2.24) is 4.57 Å². The summed E-state index contributed by atoms with van der Waals surface area (Å²) in [5.41, 5.74) is 11.2. The van der Waals surface area contributed by atoms with E-state index in [9.17, 15) is 0 Å². The number of fused-ring (bicyclic) bond motifs is 1. The molecule has 17 heavy (non-hydrogen) atoms. The lowest BCUT2D eigenvalue weighted by Gasteiger charge is -2.05. The standard InChI is InChI=1S/C15H22N2/c1-4-7-17-10-13(5-6-16)14-8-11(2)12(3)9-15(14)17/h8-10H,4-7,16H2,1-3H3. The number of rotatable bonds is 4. The van der Waals surface area contributed by atoms with Gasteiger partial charge in [0.25, 0.3) is 0 Å². The summed E-state index contributed by atoms with van der Waals surface area (Å²) >= 11 is 0. The van der Waals surface area contributed by atoms with E-state index in [1.165, 1.54) is 34.0 Å². The van der Waals surface area contributed by atoms with Crippen molar-refractivity contribution in [2.24, 2.45) is 5.73 Å². The Kier molecular flexibility index (Phi) is 3.53. The first-order valence-electron chi connectivity index (χ1n) is 6.46. The monoisotopic (exact) mass is 230 g/mol. The molecule has 2 N–H and O–H groups in total. The van der Waals surface area contributed by atoms with Crippen molar-refractivity contribution in [3.63, 3.8) is 0 Å². The molecular formula is C15H22N2. The predicted octanol–water partition coefficient (Wildman–Crippen LogP) is 3.17. The maximum absolute atomic E-state index is 5.69. The van der Waals surface area contributed by atoms with Crippen LogP contribution in [0.1, 0.15) is 30.0 Å². The van der Waals surface area contributed by atoms with Gasteiger partial charge >= 0.3 is 0 Å². The van der Waals surface area contributed by atoms with Crippen LogP contribution in [0.15, 0.2) is 18.3 Å². The molecule has 0 saturated carbocycles. The van der Waals surface area contributed by atoms with Crippen LogP contribution in [-0.2, 0) is 13.0 Å². The lowest BCUT2D eigenvalue weighted by atomic mass is 10.0. The Labute approximate surface area is 103 Å². The van der Waals surface area contributed by atoms with Crippen molar-refractivity contribution >= 4 is 10.9 Å². The topological polar surface area (TPSA) is 30.9 Å². The first-order chi connectivity index (χ1) is 8.17. The first-order valence-corrected chi connectivity index (χ1v) is 6.46. The molecule has 2 nitrogen and oxygen atoms in total. The van der Waals surface area contributed by atoms with E-state index in [0.29, 0.717) is 0 Å². The number of aryl methyl sites for hydroxylation is 3. The van der Waals surface area contributed by atoms with Gasteiger partial charge in [0, 0.05) is 23.6 Å². The molecule has 1 heterocycles. The molecule has 2 aromatic rings. The third kappa shape index (κ3) is 2.22. The smallest absolute Gasteiger partial charge is 0.0486 e. The summed E-state index contributed by atoms with van der Waals surface area (Å²) in [6.07, 6.45) is 4.41. The van der Waals surface area contributed by atoms with Crippen LogP contribution in [0.25, 0.3) is 10.9 Å². The van der Waals surface area contributed by atoms with E-state index in [2.05, 4.69) is 43.7 Å². The minimum atomic E-state index is 0.720. The van der Waals surface area contributed by atoms with Crippen molar-refractivity contribution in [2.75, 3.05) is 6.54 Å². The molecule has 0 amide bonds. The van der Waals surface area contributed by atoms with Crippen LogP contribution in [0, 0.1) is 13.8 Å². The SMILES string of the molecule is CCCn1cc(CCN)c2cc(C)c(C)cc21. The number of nitrogens with zero attached hydrogens (tertiary/aromatic N) is 1. The number of hydrogen-bond donors (Lipinski definition) is 1. The zero-order valence-corrected chi connectivity index (χ0v) is 11.1. The minimum absolute atomic E-state index is 0.720. The van der Waals surface area contributed by atoms with Crippen LogP contribution < -0.4 is 5.73 Å². The van der Waals surface area contributed by atoms with Crippen molar-refractivity contribution in [3.05, 3.63) is 35.0 Å². The lowest BCUT2D eigenvalue weighted by molar-refractivity contribution is 0.700. The molecule has 0 unspecified atom stereocenters. The number of nitrogens with two attached hydrogens (primary N) is 1. The van der Waals surface area contributed by atoms with Gasteiger partial charge in [-0.15, -0.1) is 0 Å². The Hall–Kier alpha value is -1.28. The Balaban J connectivity index is 2.63. The Morgan fingerprint density at radius 2 is 1.88 bits per heavy atom. The van der Waals surface area contributed by atoms with Crippen molar-refractivity contribution in [1.29, 1.82) is 0 Å². The second-order valence-electron chi connectivity index (χ2n) is 4.84. The Morgan fingerprint density at radius 1 is 1.18 bits per heavy atom. The van der Waals surface area contributed by atoms with Gasteiger partial charge in [0.1, 0.15) is 0 Å². The largest absolute Gasteiger partial charge is 0.347 e. The van der Waals surface area contributed by atoms with E-state index < -0.39 is 0 Å². The predicted molar refractivity (Wildman–Crippen MR) is 74.5 cm³/mol. The van der Waals surface area contributed by atoms with Gasteiger partial charge in [0.15, 0.2) is 0 Å². The van der Waals surface area contributed by atoms with Gasteiger partial charge in [-0.25, -0.2) is 0 Å². The zero-order valence-electron chi connectivity index (χ0n) is 11.1. The molecule has 0 aliphatic heterocycles. The van der Waals surface area contributed by atoms with E-state index in [-0.39, 0.29) is 0 Å². The van der Waals surface area contributed by atoms with Gasteiger partial charge < -0.3 is 10.3 Å². The normalized spacial score (nSPS) is 11.3. The molecule has 0 aliphatic rings. The van der Waals surface area contributed by atoms with E-state index in [1.807, 2.05) is 0 Å². The quantitative estimate of drug-likeness (QED) is 0.859. The molecular weight excluding hydrogens is 208 g/mol. The molecule has 0 atom stereocenters. The van der Waals surface area contributed by atoms with Gasteiger partial charge in [0.05, 0.1) is 0 Å². The molecule has 2 heteroatoms. The van der Waals surface area contributed by atoms with Crippen LogP contribution in [0.4, 0.5) is 0 Å². The molecule has 0 spiro atoms. The van der Waals surface area contributed by atoms with E-state index >= 15 is 0 Å². The molecule has 0 aliphatic carbocycles. The highest BCUT2D eigenvalue weighted by atomic mass is 15.0. The molecule has 2 rings (SSSR count). The summed E-state index contributed by atoms with van der Waals surface area (Å²) in [5, 5.41) is 1.38.